The van der Waals surface area contributed by atoms with Gasteiger partial charge in [0.15, 0.2) is 5.13 Å². The van der Waals surface area contributed by atoms with E-state index in [4.69, 9.17) is 0 Å². The number of nitrogens with zero attached hydrogens (tertiary/aromatic N) is 2. The van der Waals surface area contributed by atoms with Crippen LogP contribution in [0.25, 0.3) is 11.3 Å². The second kappa shape index (κ2) is 7.03. The summed E-state index contributed by atoms with van der Waals surface area (Å²) in [5, 5.41) is 5.19. The van der Waals surface area contributed by atoms with Crippen LogP contribution in [0.4, 0.5) is 9.52 Å². The van der Waals surface area contributed by atoms with E-state index in [2.05, 4.69) is 27.5 Å². The van der Waals surface area contributed by atoms with Crippen molar-refractivity contribution in [2.24, 2.45) is 0 Å². The molecule has 0 aliphatic rings. The van der Waals surface area contributed by atoms with Crippen LogP contribution in [0.2, 0.25) is 0 Å². The molecule has 2 aromatic heterocycles. The molecule has 6 heteroatoms. The van der Waals surface area contributed by atoms with Crippen LogP contribution in [-0.2, 0) is 6.54 Å². The number of allylic oxidation sites excluding steroid dienone is 1. The summed E-state index contributed by atoms with van der Waals surface area (Å²) in [7, 11) is 0. The number of nitrogens with one attached hydrogen (secondary N) is 1. The molecule has 0 aliphatic carbocycles. The van der Waals surface area contributed by atoms with E-state index in [1.54, 1.807) is 0 Å². The number of aromatic nitrogens is 2. The summed E-state index contributed by atoms with van der Waals surface area (Å²) < 4.78 is 15.1. The molecular formula is C19H18FN3OS. The van der Waals surface area contributed by atoms with Gasteiger partial charge in [0.25, 0.3) is 5.91 Å². The first kappa shape index (κ1) is 17.1. The molecule has 0 saturated carbocycles. The smallest absolute Gasteiger partial charge is 0.257 e. The summed E-state index contributed by atoms with van der Waals surface area (Å²) in [4.78, 5) is 16.7. The molecule has 0 atom stereocenters. The molecule has 1 aromatic carbocycles. The van der Waals surface area contributed by atoms with Crippen molar-refractivity contribution in [1.29, 1.82) is 0 Å². The fraction of sp³-hybridized carbons (Fsp3) is 0.158. The highest BCUT2D eigenvalue weighted by Gasteiger charge is 2.14. The van der Waals surface area contributed by atoms with E-state index >= 15 is 0 Å². The highest BCUT2D eigenvalue weighted by Crippen LogP contribution is 2.30. The molecule has 0 saturated heterocycles. The average Bonchev–Trinajstić information content (AvgIpc) is 3.15. The van der Waals surface area contributed by atoms with Gasteiger partial charge in [0.1, 0.15) is 5.82 Å². The summed E-state index contributed by atoms with van der Waals surface area (Å²) in [6.07, 6.45) is 1.86. The van der Waals surface area contributed by atoms with Crippen LogP contribution in [-0.4, -0.2) is 15.5 Å². The van der Waals surface area contributed by atoms with Crippen molar-refractivity contribution in [1.82, 2.24) is 9.55 Å². The molecule has 2 heterocycles. The van der Waals surface area contributed by atoms with Crippen LogP contribution in [0.3, 0.4) is 0 Å². The van der Waals surface area contributed by atoms with Crippen molar-refractivity contribution < 1.29 is 9.18 Å². The Morgan fingerprint density at radius 1 is 1.36 bits per heavy atom. The van der Waals surface area contributed by atoms with Gasteiger partial charge in [0.2, 0.25) is 0 Å². The standard InChI is InChI=1S/C19H18FN3OS/c1-4-9-23-12(2)10-16(13(23)3)17-11-25-19(21-17)22-18(24)14-5-7-15(20)8-6-14/h4-8,10-11H,1,9H2,2-3H3,(H,21,22,24). The first-order valence-corrected chi connectivity index (χ1v) is 8.68. The Morgan fingerprint density at radius 2 is 2.08 bits per heavy atom. The molecule has 128 valence electrons. The lowest BCUT2D eigenvalue weighted by Gasteiger charge is -2.05. The summed E-state index contributed by atoms with van der Waals surface area (Å²) >= 11 is 1.36. The number of benzene rings is 1. The molecule has 3 aromatic rings. The van der Waals surface area contributed by atoms with Gasteiger partial charge in [-0.2, -0.15) is 0 Å². The average molecular weight is 355 g/mol. The maximum absolute atomic E-state index is 12.9. The van der Waals surface area contributed by atoms with Crippen molar-refractivity contribution in [2.45, 2.75) is 20.4 Å². The van der Waals surface area contributed by atoms with Gasteiger partial charge in [-0.1, -0.05) is 6.08 Å². The number of thiazole rings is 1. The number of amides is 1. The minimum Gasteiger partial charge on any atom is -0.345 e. The molecule has 0 bridgehead atoms. The van der Waals surface area contributed by atoms with Crippen LogP contribution in [0.1, 0.15) is 21.7 Å². The zero-order chi connectivity index (χ0) is 18.0. The van der Waals surface area contributed by atoms with E-state index in [-0.39, 0.29) is 11.7 Å². The van der Waals surface area contributed by atoms with E-state index in [9.17, 15) is 9.18 Å². The lowest BCUT2D eigenvalue weighted by molar-refractivity contribution is 0.102. The second-order valence-electron chi connectivity index (χ2n) is 5.68. The maximum atomic E-state index is 12.9. The van der Waals surface area contributed by atoms with Gasteiger partial charge in [-0.3, -0.25) is 10.1 Å². The molecule has 0 aliphatic heterocycles. The summed E-state index contributed by atoms with van der Waals surface area (Å²) in [6.45, 7) is 8.62. The molecule has 0 radical (unpaired) electrons. The summed E-state index contributed by atoms with van der Waals surface area (Å²) in [6, 6.07) is 7.50. The number of aryl methyl sites for hydroxylation is 1. The Kier molecular flexibility index (Phi) is 4.81. The van der Waals surface area contributed by atoms with Crippen LogP contribution >= 0.6 is 11.3 Å². The molecule has 0 unspecified atom stereocenters. The van der Waals surface area contributed by atoms with Crippen LogP contribution < -0.4 is 5.32 Å². The molecule has 3 rings (SSSR count). The monoisotopic (exact) mass is 355 g/mol. The zero-order valence-electron chi connectivity index (χ0n) is 14.0. The SMILES string of the molecule is C=CCn1c(C)cc(-c2csc(NC(=O)c3ccc(F)cc3)n2)c1C. The fourth-order valence-corrected chi connectivity index (χ4v) is 3.40. The minimum atomic E-state index is -0.372. The van der Waals surface area contributed by atoms with Crippen LogP contribution in [0, 0.1) is 19.7 Å². The third kappa shape index (κ3) is 3.53. The lowest BCUT2D eigenvalue weighted by atomic mass is 10.2. The Labute approximate surface area is 149 Å². The first-order chi connectivity index (χ1) is 12.0. The number of anilines is 1. The number of carbonyl (C=O) groups is 1. The van der Waals surface area contributed by atoms with Crippen LogP contribution in [0.5, 0.6) is 0 Å². The number of hydrogen-bond acceptors (Lipinski definition) is 3. The van der Waals surface area contributed by atoms with Gasteiger partial charge in [-0.15, -0.1) is 17.9 Å². The third-order valence-corrected chi connectivity index (χ3v) is 4.75. The summed E-state index contributed by atoms with van der Waals surface area (Å²) in [5.74, 6) is -0.680. The fourth-order valence-electron chi connectivity index (χ4n) is 2.70. The van der Waals surface area contributed by atoms with E-state index in [0.717, 1.165) is 29.2 Å². The van der Waals surface area contributed by atoms with Crippen LogP contribution in [0.15, 0.2) is 48.4 Å². The normalized spacial score (nSPS) is 10.7. The third-order valence-electron chi connectivity index (χ3n) is 3.99. The van der Waals surface area contributed by atoms with Crippen molar-refractivity contribution in [2.75, 3.05) is 5.32 Å². The number of hydrogen-bond donors (Lipinski definition) is 1. The first-order valence-electron chi connectivity index (χ1n) is 7.80. The lowest BCUT2D eigenvalue weighted by Crippen LogP contribution is -2.11. The van der Waals surface area contributed by atoms with Gasteiger partial charge in [0.05, 0.1) is 5.69 Å². The van der Waals surface area contributed by atoms with Crippen molar-refractivity contribution in [3.05, 3.63) is 71.1 Å². The molecule has 1 amide bonds. The van der Waals surface area contributed by atoms with E-state index in [0.29, 0.717) is 10.7 Å². The number of rotatable bonds is 5. The van der Waals surface area contributed by atoms with E-state index < -0.39 is 0 Å². The molecular weight excluding hydrogens is 337 g/mol. The molecule has 4 nitrogen and oxygen atoms in total. The Morgan fingerprint density at radius 3 is 2.76 bits per heavy atom. The maximum Gasteiger partial charge on any atom is 0.257 e. The Bertz CT molecular complexity index is 925. The predicted molar refractivity (Wildman–Crippen MR) is 99.6 cm³/mol. The highest BCUT2D eigenvalue weighted by atomic mass is 32.1. The van der Waals surface area contributed by atoms with Gasteiger partial charge in [-0.05, 0) is 44.2 Å². The zero-order valence-corrected chi connectivity index (χ0v) is 14.9. The highest BCUT2D eigenvalue weighted by molar-refractivity contribution is 7.14. The molecule has 25 heavy (non-hydrogen) atoms. The Balaban J connectivity index is 1.81. The molecule has 0 spiro atoms. The molecule has 1 N–H and O–H groups in total. The molecule has 0 fully saturated rings. The van der Waals surface area contributed by atoms with Crippen molar-refractivity contribution in [3.63, 3.8) is 0 Å². The van der Waals surface area contributed by atoms with Gasteiger partial charge >= 0.3 is 0 Å². The van der Waals surface area contributed by atoms with Gasteiger partial charge in [0, 0.05) is 34.4 Å². The van der Waals surface area contributed by atoms with Crippen molar-refractivity contribution in [3.8, 4) is 11.3 Å². The van der Waals surface area contributed by atoms with Gasteiger partial charge < -0.3 is 4.57 Å². The summed E-state index contributed by atoms with van der Waals surface area (Å²) in [5.41, 5.74) is 4.50. The van der Waals surface area contributed by atoms with Gasteiger partial charge in [-0.25, -0.2) is 9.37 Å². The Hall–Kier alpha value is -2.73. The van der Waals surface area contributed by atoms with E-state index in [1.165, 1.54) is 35.6 Å². The second-order valence-corrected chi connectivity index (χ2v) is 6.54. The predicted octanol–water partition coefficient (Wildman–Crippen LogP) is 4.81. The number of halogens is 1. The van der Waals surface area contributed by atoms with E-state index in [1.807, 2.05) is 25.3 Å². The topological polar surface area (TPSA) is 46.9 Å². The number of carbonyl (C=O) groups excluding carboxylic acids is 1. The largest absolute Gasteiger partial charge is 0.345 e. The van der Waals surface area contributed by atoms with Crippen molar-refractivity contribution >= 4 is 22.4 Å². The minimum absolute atomic E-state index is 0.307. The quantitative estimate of drug-likeness (QED) is 0.668.